The zero-order chi connectivity index (χ0) is 12.0. The summed E-state index contributed by atoms with van der Waals surface area (Å²) in [6.07, 6.45) is 5.44. The Labute approximate surface area is 101 Å². The van der Waals surface area contributed by atoms with Gasteiger partial charge in [-0.3, -0.25) is 0 Å². The number of aryl methyl sites for hydroxylation is 3. The molecule has 3 rings (SSSR count). The fourth-order valence-corrected chi connectivity index (χ4v) is 2.62. The van der Waals surface area contributed by atoms with E-state index in [9.17, 15) is 0 Å². The summed E-state index contributed by atoms with van der Waals surface area (Å²) in [5, 5.41) is 2.65. The highest BCUT2D eigenvalue weighted by atomic mass is 15.1. The second-order valence-corrected chi connectivity index (χ2v) is 4.67. The van der Waals surface area contributed by atoms with Crippen LogP contribution in [0.3, 0.4) is 0 Å². The van der Waals surface area contributed by atoms with Crippen LogP contribution in [-0.4, -0.2) is 4.40 Å². The van der Waals surface area contributed by atoms with Crippen LogP contribution in [0.1, 0.15) is 18.3 Å². The summed E-state index contributed by atoms with van der Waals surface area (Å²) < 4.78 is 4.51. The third-order valence-corrected chi connectivity index (χ3v) is 3.46. The first-order valence-electron chi connectivity index (χ1n) is 6.09. The van der Waals surface area contributed by atoms with Gasteiger partial charge in [0.2, 0.25) is 0 Å². The first kappa shape index (κ1) is 10.3. The molecular formula is C15H17N2+. The predicted octanol–water partition coefficient (Wildman–Crippen LogP) is 2.79. The molecule has 0 aliphatic rings. The van der Waals surface area contributed by atoms with E-state index in [1.165, 1.54) is 27.7 Å². The molecule has 0 bridgehead atoms. The Morgan fingerprint density at radius 2 is 2.06 bits per heavy atom. The van der Waals surface area contributed by atoms with Crippen LogP contribution in [0, 0.1) is 6.92 Å². The molecular weight excluding hydrogens is 208 g/mol. The van der Waals surface area contributed by atoms with Gasteiger partial charge < -0.3 is 0 Å². The Kier molecular flexibility index (Phi) is 2.18. The number of nitrogens with zero attached hydrogens (tertiary/aromatic N) is 2. The van der Waals surface area contributed by atoms with Gasteiger partial charge >= 0.3 is 0 Å². The van der Waals surface area contributed by atoms with E-state index in [4.69, 9.17) is 0 Å². The lowest BCUT2D eigenvalue weighted by molar-refractivity contribution is -0.677. The van der Waals surface area contributed by atoms with E-state index in [1.54, 1.807) is 0 Å². The van der Waals surface area contributed by atoms with Gasteiger partial charge in [-0.2, -0.15) is 4.40 Å². The second-order valence-electron chi connectivity index (χ2n) is 4.67. The average molecular weight is 225 g/mol. The van der Waals surface area contributed by atoms with E-state index in [0.717, 1.165) is 6.42 Å². The number of hydrogen-bond acceptors (Lipinski definition) is 0. The van der Waals surface area contributed by atoms with Gasteiger partial charge in [0.15, 0.2) is 5.52 Å². The highest BCUT2D eigenvalue weighted by molar-refractivity contribution is 5.95. The van der Waals surface area contributed by atoms with E-state index in [0.29, 0.717) is 0 Å². The Morgan fingerprint density at radius 3 is 2.82 bits per heavy atom. The lowest BCUT2D eigenvalue weighted by atomic mass is 10.1. The number of fused-ring (bicyclic) bond motifs is 3. The van der Waals surface area contributed by atoms with Crippen molar-refractivity contribution in [3.8, 4) is 0 Å². The van der Waals surface area contributed by atoms with Crippen molar-refractivity contribution in [3.05, 3.63) is 48.0 Å². The molecule has 86 valence electrons. The van der Waals surface area contributed by atoms with Gasteiger partial charge in [-0.25, -0.2) is 4.57 Å². The van der Waals surface area contributed by atoms with E-state index in [2.05, 4.69) is 66.5 Å². The lowest BCUT2D eigenvalue weighted by Crippen LogP contribution is -2.30. The van der Waals surface area contributed by atoms with Crippen LogP contribution in [0.25, 0.3) is 16.3 Å². The first-order chi connectivity index (χ1) is 8.20. The predicted molar refractivity (Wildman–Crippen MR) is 70.2 cm³/mol. The minimum atomic E-state index is 1.04. The number of aromatic nitrogens is 2. The molecule has 0 aliphatic heterocycles. The number of hydrogen-bond donors (Lipinski definition) is 0. The van der Waals surface area contributed by atoms with Gasteiger partial charge in [-0.15, -0.1) is 0 Å². The average Bonchev–Trinajstić information content (AvgIpc) is 2.64. The smallest absolute Gasteiger partial charge is 0.236 e. The monoisotopic (exact) mass is 225 g/mol. The molecule has 0 atom stereocenters. The molecule has 0 unspecified atom stereocenters. The molecule has 0 amide bonds. The minimum absolute atomic E-state index is 1.04. The third kappa shape index (κ3) is 1.44. The standard InChI is InChI=1S/C15H17N2/c1-4-15-16(3)10-14-13-6-5-11(2)9-12(13)7-8-17(14)15/h5-10H,4H2,1-3H3/q+1. The van der Waals surface area contributed by atoms with Crippen molar-refractivity contribution >= 4 is 16.3 Å². The zero-order valence-electron chi connectivity index (χ0n) is 10.6. The summed E-state index contributed by atoms with van der Waals surface area (Å²) in [7, 11) is 2.12. The van der Waals surface area contributed by atoms with Crippen LogP contribution in [-0.2, 0) is 13.5 Å². The van der Waals surface area contributed by atoms with Crippen molar-refractivity contribution in [2.45, 2.75) is 20.3 Å². The zero-order valence-corrected chi connectivity index (χ0v) is 10.6. The van der Waals surface area contributed by atoms with Gasteiger partial charge in [0, 0.05) is 11.8 Å². The summed E-state index contributed by atoms with van der Waals surface area (Å²) in [6.45, 7) is 4.33. The fraction of sp³-hybridized carbons (Fsp3) is 0.267. The maximum atomic E-state index is 2.29. The molecule has 1 aromatic carbocycles. The van der Waals surface area contributed by atoms with Crippen molar-refractivity contribution < 1.29 is 4.57 Å². The summed E-state index contributed by atoms with van der Waals surface area (Å²) in [4.78, 5) is 0. The molecule has 0 saturated carbocycles. The molecule has 2 heterocycles. The van der Waals surface area contributed by atoms with E-state index >= 15 is 0 Å². The number of benzene rings is 1. The molecule has 0 N–H and O–H groups in total. The normalized spacial score (nSPS) is 11.5. The Hall–Kier alpha value is -1.83. The van der Waals surface area contributed by atoms with E-state index < -0.39 is 0 Å². The molecule has 2 aromatic heterocycles. The summed E-state index contributed by atoms with van der Waals surface area (Å²) >= 11 is 0. The summed E-state index contributed by atoms with van der Waals surface area (Å²) in [5.41, 5.74) is 2.61. The van der Waals surface area contributed by atoms with Crippen molar-refractivity contribution in [2.24, 2.45) is 7.05 Å². The molecule has 0 aliphatic carbocycles. The van der Waals surface area contributed by atoms with E-state index in [-0.39, 0.29) is 0 Å². The molecule has 3 aromatic rings. The Balaban J connectivity index is 2.48. The SMILES string of the molecule is CCc1n2ccc3cc(C)ccc3c2c[n+]1C. The highest BCUT2D eigenvalue weighted by Gasteiger charge is 2.15. The van der Waals surface area contributed by atoms with Crippen molar-refractivity contribution in [3.63, 3.8) is 0 Å². The largest absolute Gasteiger partial charge is 0.261 e. The van der Waals surface area contributed by atoms with Crippen LogP contribution >= 0.6 is 0 Å². The molecule has 17 heavy (non-hydrogen) atoms. The van der Waals surface area contributed by atoms with Crippen LogP contribution in [0.4, 0.5) is 0 Å². The first-order valence-corrected chi connectivity index (χ1v) is 6.09. The number of pyridine rings is 1. The van der Waals surface area contributed by atoms with Gasteiger partial charge in [0.1, 0.15) is 6.20 Å². The van der Waals surface area contributed by atoms with Gasteiger partial charge in [0.25, 0.3) is 5.82 Å². The minimum Gasteiger partial charge on any atom is -0.236 e. The van der Waals surface area contributed by atoms with Gasteiger partial charge in [-0.1, -0.05) is 24.6 Å². The van der Waals surface area contributed by atoms with Gasteiger partial charge in [-0.05, 0) is 24.4 Å². The van der Waals surface area contributed by atoms with Crippen molar-refractivity contribution in [2.75, 3.05) is 0 Å². The van der Waals surface area contributed by atoms with Crippen LogP contribution in [0.15, 0.2) is 36.7 Å². The number of rotatable bonds is 1. The Morgan fingerprint density at radius 1 is 1.24 bits per heavy atom. The van der Waals surface area contributed by atoms with Crippen LogP contribution in [0.5, 0.6) is 0 Å². The quantitative estimate of drug-likeness (QED) is 0.563. The van der Waals surface area contributed by atoms with Crippen molar-refractivity contribution in [1.82, 2.24) is 4.40 Å². The molecule has 0 fully saturated rings. The maximum absolute atomic E-state index is 2.29. The molecule has 0 spiro atoms. The fourth-order valence-electron chi connectivity index (χ4n) is 2.62. The van der Waals surface area contributed by atoms with Crippen LogP contribution in [0.2, 0.25) is 0 Å². The second kappa shape index (κ2) is 3.59. The summed E-state index contributed by atoms with van der Waals surface area (Å²) in [6, 6.07) is 8.85. The lowest BCUT2D eigenvalue weighted by Gasteiger charge is -1.99. The topological polar surface area (TPSA) is 8.29 Å². The molecule has 0 saturated heterocycles. The van der Waals surface area contributed by atoms with Crippen LogP contribution < -0.4 is 4.57 Å². The molecule has 2 heteroatoms. The van der Waals surface area contributed by atoms with Gasteiger partial charge in [0.05, 0.1) is 13.2 Å². The van der Waals surface area contributed by atoms with E-state index in [1.807, 2.05) is 0 Å². The Bertz CT molecular complexity index is 708. The molecule has 0 radical (unpaired) electrons. The third-order valence-electron chi connectivity index (χ3n) is 3.46. The number of imidazole rings is 1. The summed E-state index contributed by atoms with van der Waals surface area (Å²) in [5.74, 6) is 1.34. The maximum Gasteiger partial charge on any atom is 0.261 e. The molecule has 2 nitrogen and oxygen atoms in total. The highest BCUT2D eigenvalue weighted by Crippen LogP contribution is 2.21. The van der Waals surface area contributed by atoms with Crippen molar-refractivity contribution in [1.29, 1.82) is 0 Å².